The highest BCUT2D eigenvalue weighted by Crippen LogP contribution is 2.37. The molecule has 1 saturated heterocycles. The fourth-order valence-electron chi connectivity index (χ4n) is 4.18. The molecule has 0 saturated carbocycles. The van der Waals surface area contributed by atoms with Crippen molar-refractivity contribution in [1.29, 1.82) is 0 Å². The Hall–Kier alpha value is -2.54. The molecule has 1 aromatic heterocycles. The second-order valence-corrected chi connectivity index (χ2v) is 6.99. The van der Waals surface area contributed by atoms with Gasteiger partial charge in [-0.25, -0.2) is 9.66 Å². The number of piperidine rings is 1. The molecular formula is C19H25N5O2. The second-order valence-electron chi connectivity index (χ2n) is 6.99. The van der Waals surface area contributed by atoms with E-state index in [0.717, 1.165) is 56.0 Å². The van der Waals surface area contributed by atoms with E-state index in [9.17, 15) is 4.79 Å². The highest BCUT2D eigenvalue weighted by atomic mass is 16.5. The number of hydrogen-bond donors (Lipinski definition) is 3. The molecule has 7 nitrogen and oxygen atoms in total. The lowest BCUT2D eigenvalue weighted by Gasteiger charge is -2.34. The number of nitrogens with one attached hydrogen (secondary N) is 2. The van der Waals surface area contributed by atoms with Crippen molar-refractivity contribution in [2.75, 3.05) is 32.2 Å². The Balaban J connectivity index is 1.77. The molecule has 0 spiro atoms. The summed E-state index contributed by atoms with van der Waals surface area (Å²) in [6.45, 7) is 2.91. The van der Waals surface area contributed by atoms with Crippen molar-refractivity contribution in [1.82, 2.24) is 15.0 Å². The smallest absolute Gasteiger partial charge is 0.269 e. The molecule has 1 aromatic carbocycles. The molecule has 2 aliphatic heterocycles. The second kappa shape index (κ2) is 6.99. The van der Waals surface area contributed by atoms with Gasteiger partial charge in [0.2, 0.25) is 0 Å². The molecule has 1 amide bonds. The molecule has 26 heavy (non-hydrogen) atoms. The van der Waals surface area contributed by atoms with E-state index in [2.05, 4.69) is 10.7 Å². The van der Waals surface area contributed by atoms with Crippen LogP contribution in [0.1, 0.15) is 41.5 Å². The maximum Gasteiger partial charge on any atom is 0.269 e. The van der Waals surface area contributed by atoms with Gasteiger partial charge in [0.25, 0.3) is 5.91 Å². The Morgan fingerprint density at radius 3 is 2.58 bits per heavy atom. The number of nitrogens with zero attached hydrogens (tertiary/aromatic N) is 2. The standard InChI is InChI=1S/C19H25N5O2/c1-26-14-4-2-13(3-5-14)16-17(18(20)25)24-19(23-16)15(8-11-22-24)12-6-9-21-10-7-12/h2-5,12,15,21-22H,6-11H2,1H3,(H2,20,25). The maximum absolute atomic E-state index is 12.2. The fourth-order valence-corrected chi connectivity index (χ4v) is 4.18. The maximum atomic E-state index is 12.2. The first-order valence-electron chi connectivity index (χ1n) is 9.20. The van der Waals surface area contributed by atoms with E-state index in [0.29, 0.717) is 23.2 Å². The average molecular weight is 355 g/mol. The van der Waals surface area contributed by atoms with Crippen molar-refractivity contribution in [3.8, 4) is 17.0 Å². The Morgan fingerprint density at radius 2 is 1.92 bits per heavy atom. The fraction of sp³-hybridized carbons (Fsp3) is 0.474. The monoisotopic (exact) mass is 355 g/mol. The predicted octanol–water partition coefficient (Wildman–Crippen LogP) is 1.69. The Bertz CT molecular complexity index is 793. The summed E-state index contributed by atoms with van der Waals surface area (Å²) in [5, 5.41) is 3.42. The molecule has 0 bridgehead atoms. The van der Waals surface area contributed by atoms with Gasteiger partial charge in [-0.05, 0) is 62.5 Å². The van der Waals surface area contributed by atoms with Crippen LogP contribution in [-0.4, -0.2) is 42.3 Å². The number of amides is 1. The van der Waals surface area contributed by atoms with Gasteiger partial charge in [0, 0.05) is 18.0 Å². The van der Waals surface area contributed by atoms with Gasteiger partial charge < -0.3 is 21.2 Å². The molecule has 0 radical (unpaired) electrons. The number of carbonyl (C=O) groups excluding carboxylic acids is 1. The third-order valence-electron chi connectivity index (χ3n) is 5.51. The van der Waals surface area contributed by atoms with Crippen LogP contribution in [-0.2, 0) is 0 Å². The number of aromatic nitrogens is 2. The van der Waals surface area contributed by atoms with Crippen molar-refractivity contribution in [3.05, 3.63) is 35.8 Å². The normalized spacial score (nSPS) is 20.3. The number of methoxy groups -OCH3 is 1. The molecule has 0 aliphatic carbocycles. The highest BCUT2D eigenvalue weighted by molar-refractivity contribution is 5.97. The van der Waals surface area contributed by atoms with E-state index < -0.39 is 5.91 Å². The molecule has 7 heteroatoms. The van der Waals surface area contributed by atoms with E-state index in [-0.39, 0.29) is 0 Å². The van der Waals surface area contributed by atoms with Crippen molar-refractivity contribution in [2.45, 2.75) is 25.2 Å². The average Bonchev–Trinajstić information content (AvgIpc) is 3.08. The molecule has 4 N–H and O–H groups in total. The molecule has 1 fully saturated rings. The summed E-state index contributed by atoms with van der Waals surface area (Å²) in [4.78, 5) is 17.1. The Kier molecular flexibility index (Phi) is 4.55. The summed E-state index contributed by atoms with van der Waals surface area (Å²) in [7, 11) is 1.63. The number of ether oxygens (including phenoxy) is 1. The van der Waals surface area contributed by atoms with Crippen LogP contribution in [0.25, 0.3) is 11.3 Å². The van der Waals surface area contributed by atoms with E-state index >= 15 is 0 Å². The summed E-state index contributed by atoms with van der Waals surface area (Å²) >= 11 is 0. The first-order valence-corrected chi connectivity index (χ1v) is 9.20. The Morgan fingerprint density at radius 1 is 1.19 bits per heavy atom. The minimum Gasteiger partial charge on any atom is -0.497 e. The highest BCUT2D eigenvalue weighted by Gasteiger charge is 2.34. The van der Waals surface area contributed by atoms with E-state index in [4.69, 9.17) is 15.5 Å². The van der Waals surface area contributed by atoms with Gasteiger partial charge in [-0.2, -0.15) is 0 Å². The third-order valence-corrected chi connectivity index (χ3v) is 5.51. The number of rotatable bonds is 4. The molecule has 138 valence electrons. The molecule has 1 unspecified atom stereocenters. The Labute approximate surface area is 152 Å². The zero-order valence-corrected chi connectivity index (χ0v) is 15.0. The van der Waals surface area contributed by atoms with Crippen LogP contribution in [0.4, 0.5) is 0 Å². The molecule has 2 aromatic rings. The van der Waals surface area contributed by atoms with Crippen molar-refractivity contribution < 1.29 is 9.53 Å². The van der Waals surface area contributed by atoms with Gasteiger partial charge in [0.05, 0.1) is 7.11 Å². The van der Waals surface area contributed by atoms with Gasteiger partial charge >= 0.3 is 0 Å². The van der Waals surface area contributed by atoms with Crippen LogP contribution >= 0.6 is 0 Å². The first-order chi connectivity index (χ1) is 12.7. The predicted molar refractivity (Wildman–Crippen MR) is 99.9 cm³/mol. The lowest BCUT2D eigenvalue weighted by molar-refractivity contribution is 0.0992. The molecule has 3 heterocycles. The molecular weight excluding hydrogens is 330 g/mol. The minimum atomic E-state index is -0.465. The minimum absolute atomic E-state index is 0.350. The number of hydrogen-bond acceptors (Lipinski definition) is 5. The number of imidazole rings is 1. The topological polar surface area (TPSA) is 94.2 Å². The summed E-state index contributed by atoms with van der Waals surface area (Å²) < 4.78 is 7.06. The van der Waals surface area contributed by atoms with Gasteiger partial charge in [-0.1, -0.05) is 0 Å². The van der Waals surface area contributed by atoms with Gasteiger partial charge in [0.15, 0.2) is 5.69 Å². The lowest BCUT2D eigenvalue weighted by atomic mass is 9.82. The SMILES string of the molecule is COc1ccc(-c2nc3n(c2C(N)=O)NCCC3C2CCNCC2)cc1. The van der Waals surface area contributed by atoms with Gasteiger partial charge in [0.1, 0.15) is 17.3 Å². The van der Waals surface area contributed by atoms with Crippen LogP contribution in [0.5, 0.6) is 5.75 Å². The van der Waals surface area contributed by atoms with Gasteiger partial charge in [-0.3, -0.25) is 4.79 Å². The summed E-state index contributed by atoms with van der Waals surface area (Å²) in [6.07, 6.45) is 3.31. The largest absolute Gasteiger partial charge is 0.497 e. The number of benzene rings is 1. The number of primary amides is 1. The summed E-state index contributed by atoms with van der Waals surface area (Å²) in [6, 6.07) is 7.57. The van der Waals surface area contributed by atoms with E-state index in [1.54, 1.807) is 7.11 Å². The quantitative estimate of drug-likeness (QED) is 0.776. The van der Waals surface area contributed by atoms with Crippen LogP contribution in [0.2, 0.25) is 0 Å². The third kappa shape index (κ3) is 2.92. The molecule has 2 aliphatic rings. The van der Waals surface area contributed by atoms with E-state index in [1.807, 2.05) is 28.9 Å². The van der Waals surface area contributed by atoms with Gasteiger partial charge in [-0.15, -0.1) is 0 Å². The lowest BCUT2D eigenvalue weighted by Crippen LogP contribution is -2.37. The van der Waals surface area contributed by atoms with Crippen LogP contribution in [0, 0.1) is 5.92 Å². The van der Waals surface area contributed by atoms with Crippen LogP contribution in [0.15, 0.2) is 24.3 Å². The zero-order valence-electron chi connectivity index (χ0n) is 15.0. The number of carbonyl (C=O) groups is 1. The summed E-state index contributed by atoms with van der Waals surface area (Å²) in [5.74, 6) is 2.17. The number of fused-ring (bicyclic) bond motifs is 1. The molecule has 4 rings (SSSR count). The van der Waals surface area contributed by atoms with Crippen molar-refractivity contribution >= 4 is 5.91 Å². The van der Waals surface area contributed by atoms with Crippen LogP contribution in [0.3, 0.4) is 0 Å². The molecule has 1 atom stereocenters. The van der Waals surface area contributed by atoms with Crippen molar-refractivity contribution in [2.24, 2.45) is 11.7 Å². The van der Waals surface area contributed by atoms with Crippen LogP contribution < -0.4 is 21.2 Å². The zero-order chi connectivity index (χ0) is 18.1. The first kappa shape index (κ1) is 16.9. The number of nitrogens with two attached hydrogens (primary N) is 1. The summed E-state index contributed by atoms with van der Waals surface area (Å²) in [5.41, 5.74) is 11.0. The van der Waals surface area contributed by atoms with E-state index in [1.165, 1.54) is 0 Å². The van der Waals surface area contributed by atoms with Crippen molar-refractivity contribution in [3.63, 3.8) is 0 Å².